The molecule has 0 radical (unpaired) electrons. The monoisotopic (exact) mass is 215 g/mol. The predicted molar refractivity (Wildman–Crippen MR) is 65.6 cm³/mol. The molecule has 84 valence electrons. The third-order valence-electron chi connectivity index (χ3n) is 3.05. The van der Waals surface area contributed by atoms with Crippen LogP contribution in [0, 0.1) is 11.3 Å². The maximum Gasteiger partial charge on any atom is 0.0700 e. The first-order chi connectivity index (χ1) is 7.81. The standard InChI is InChI=1S/C13H17N3/c1-11(10-14)12-3-2-4-13(9-12)16-7-5-15-6-8-16/h2-4,9,11,15H,5-8H2,1H3. The van der Waals surface area contributed by atoms with Gasteiger partial charge in [0.05, 0.1) is 12.0 Å². The van der Waals surface area contributed by atoms with E-state index in [-0.39, 0.29) is 5.92 Å². The Labute approximate surface area is 96.7 Å². The molecular formula is C13H17N3. The van der Waals surface area contributed by atoms with Gasteiger partial charge in [-0.1, -0.05) is 12.1 Å². The third-order valence-corrected chi connectivity index (χ3v) is 3.05. The summed E-state index contributed by atoms with van der Waals surface area (Å²) >= 11 is 0. The van der Waals surface area contributed by atoms with E-state index in [0.717, 1.165) is 31.7 Å². The molecule has 1 aliphatic heterocycles. The molecule has 1 fully saturated rings. The van der Waals surface area contributed by atoms with Gasteiger partial charge in [0.1, 0.15) is 0 Å². The van der Waals surface area contributed by atoms with E-state index in [4.69, 9.17) is 5.26 Å². The fourth-order valence-electron chi connectivity index (χ4n) is 1.99. The first kappa shape index (κ1) is 11.0. The predicted octanol–water partition coefficient (Wildman–Crippen LogP) is 1.72. The number of hydrogen-bond donors (Lipinski definition) is 1. The van der Waals surface area contributed by atoms with E-state index < -0.39 is 0 Å². The summed E-state index contributed by atoms with van der Waals surface area (Å²) < 4.78 is 0. The lowest BCUT2D eigenvalue weighted by molar-refractivity contribution is 0.589. The molecule has 2 rings (SSSR count). The van der Waals surface area contributed by atoms with Gasteiger partial charge in [-0.3, -0.25) is 0 Å². The van der Waals surface area contributed by atoms with E-state index in [2.05, 4.69) is 28.4 Å². The fourth-order valence-corrected chi connectivity index (χ4v) is 1.99. The Morgan fingerprint density at radius 3 is 2.81 bits per heavy atom. The molecule has 1 atom stereocenters. The van der Waals surface area contributed by atoms with Crippen LogP contribution < -0.4 is 10.2 Å². The number of piperazine rings is 1. The number of anilines is 1. The maximum absolute atomic E-state index is 8.92. The molecule has 1 aromatic carbocycles. The molecule has 1 aromatic rings. The van der Waals surface area contributed by atoms with Gasteiger partial charge in [0.25, 0.3) is 0 Å². The van der Waals surface area contributed by atoms with E-state index in [0.29, 0.717) is 0 Å². The first-order valence-electron chi connectivity index (χ1n) is 5.76. The SMILES string of the molecule is CC(C#N)c1cccc(N2CCNCC2)c1. The van der Waals surface area contributed by atoms with Crippen LogP contribution in [0.4, 0.5) is 5.69 Å². The van der Waals surface area contributed by atoms with Gasteiger partial charge in [-0.25, -0.2) is 0 Å². The van der Waals surface area contributed by atoms with Crippen molar-refractivity contribution >= 4 is 5.69 Å². The summed E-state index contributed by atoms with van der Waals surface area (Å²) in [6.07, 6.45) is 0. The summed E-state index contributed by atoms with van der Waals surface area (Å²) in [6, 6.07) is 10.6. The van der Waals surface area contributed by atoms with E-state index >= 15 is 0 Å². The summed E-state index contributed by atoms with van der Waals surface area (Å²) in [6.45, 7) is 6.11. The molecule has 0 aliphatic carbocycles. The molecule has 1 heterocycles. The maximum atomic E-state index is 8.92. The summed E-state index contributed by atoms with van der Waals surface area (Å²) in [5, 5.41) is 12.3. The lowest BCUT2D eigenvalue weighted by Crippen LogP contribution is -2.43. The molecule has 0 aromatic heterocycles. The van der Waals surface area contributed by atoms with Crippen LogP contribution in [0.1, 0.15) is 18.4 Å². The van der Waals surface area contributed by atoms with Crippen LogP contribution in [-0.4, -0.2) is 26.2 Å². The fraction of sp³-hybridized carbons (Fsp3) is 0.462. The quantitative estimate of drug-likeness (QED) is 0.816. The molecule has 1 unspecified atom stereocenters. The summed E-state index contributed by atoms with van der Waals surface area (Å²) in [4.78, 5) is 2.37. The highest BCUT2D eigenvalue weighted by Gasteiger charge is 2.11. The molecule has 0 bridgehead atoms. The molecular weight excluding hydrogens is 198 g/mol. The van der Waals surface area contributed by atoms with Gasteiger partial charge >= 0.3 is 0 Å². The van der Waals surface area contributed by atoms with Crippen LogP contribution >= 0.6 is 0 Å². The molecule has 1 N–H and O–H groups in total. The zero-order chi connectivity index (χ0) is 11.4. The van der Waals surface area contributed by atoms with E-state index in [1.807, 2.05) is 19.1 Å². The first-order valence-corrected chi connectivity index (χ1v) is 5.76. The third kappa shape index (κ3) is 2.34. The number of nitrogens with zero attached hydrogens (tertiary/aromatic N) is 2. The minimum absolute atomic E-state index is 0.0251. The second kappa shape index (κ2) is 5.00. The Kier molecular flexibility index (Phi) is 3.43. The van der Waals surface area contributed by atoms with Crippen LogP contribution in [0.15, 0.2) is 24.3 Å². The Balaban J connectivity index is 2.18. The van der Waals surface area contributed by atoms with Crippen molar-refractivity contribution in [3.8, 4) is 6.07 Å². The molecule has 1 saturated heterocycles. The van der Waals surface area contributed by atoms with Crippen molar-refractivity contribution in [2.75, 3.05) is 31.1 Å². The Hall–Kier alpha value is -1.53. The van der Waals surface area contributed by atoms with Crippen molar-refractivity contribution < 1.29 is 0 Å². The Morgan fingerprint density at radius 2 is 2.12 bits per heavy atom. The molecule has 3 heteroatoms. The lowest BCUT2D eigenvalue weighted by Gasteiger charge is -2.29. The average molecular weight is 215 g/mol. The smallest absolute Gasteiger partial charge is 0.0700 e. The van der Waals surface area contributed by atoms with E-state index in [1.165, 1.54) is 5.69 Å². The molecule has 3 nitrogen and oxygen atoms in total. The molecule has 16 heavy (non-hydrogen) atoms. The minimum Gasteiger partial charge on any atom is -0.369 e. The highest BCUT2D eigenvalue weighted by Crippen LogP contribution is 2.21. The minimum atomic E-state index is -0.0251. The second-order valence-corrected chi connectivity index (χ2v) is 4.18. The average Bonchev–Trinajstić information content (AvgIpc) is 2.39. The van der Waals surface area contributed by atoms with E-state index in [1.54, 1.807) is 0 Å². The summed E-state index contributed by atoms with van der Waals surface area (Å²) in [5.41, 5.74) is 2.35. The van der Waals surface area contributed by atoms with Crippen LogP contribution in [-0.2, 0) is 0 Å². The van der Waals surface area contributed by atoms with Crippen molar-refractivity contribution in [1.29, 1.82) is 5.26 Å². The van der Waals surface area contributed by atoms with Crippen LogP contribution in [0.3, 0.4) is 0 Å². The zero-order valence-electron chi connectivity index (χ0n) is 9.61. The van der Waals surface area contributed by atoms with Crippen molar-refractivity contribution in [3.05, 3.63) is 29.8 Å². The van der Waals surface area contributed by atoms with Gasteiger partial charge in [-0.2, -0.15) is 5.26 Å². The van der Waals surface area contributed by atoms with Gasteiger partial charge in [0, 0.05) is 31.9 Å². The number of nitriles is 1. The largest absolute Gasteiger partial charge is 0.369 e. The number of nitrogens with one attached hydrogen (secondary N) is 1. The number of rotatable bonds is 2. The van der Waals surface area contributed by atoms with Crippen molar-refractivity contribution in [2.45, 2.75) is 12.8 Å². The van der Waals surface area contributed by atoms with Gasteiger partial charge in [-0.05, 0) is 24.6 Å². The highest BCUT2D eigenvalue weighted by atomic mass is 15.2. The number of benzene rings is 1. The molecule has 0 saturated carbocycles. The van der Waals surface area contributed by atoms with Crippen molar-refractivity contribution in [3.63, 3.8) is 0 Å². The van der Waals surface area contributed by atoms with Crippen LogP contribution in [0.2, 0.25) is 0 Å². The normalized spacial score (nSPS) is 17.9. The van der Waals surface area contributed by atoms with E-state index in [9.17, 15) is 0 Å². The topological polar surface area (TPSA) is 39.1 Å². The van der Waals surface area contributed by atoms with Crippen LogP contribution in [0.25, 0.3) is 0 Å². The molecule has 0 spiro atoms. The number of hydrogen-bond acceptors (Lipinski definition) is 3. The highest BCUT2D eigenvalue weighted by molar-refractivity contribution is 5.50. The molecule has 0 amide bonds. The van der Waals surface area contributed by atoms with Crippen molar-refractivity contribution in [2.24, 2.45) is 0 Å². The zero-order valence-corrected chi connectivity index (χ0v) is 9.61. The lowest BCUT2D eigenvalue weighted by atomic mass is 10.0. The van der Waals surface area contributed by atoms with Gasteiger partial charge in [-0.15, -0.1) is 0 Å². The van der Waals surface area contributed by atoms with Gasteiger partial charge in [0.2, 0.25) is 0 Å². The van der Waals surface area contributed by atoms with Crippen LogP contribution in [0.5, 0.6) is 0 Å². The van der Waals surface area contributed by atoms with Gasteiger partial charge < -0.3 is 10.2 Å². The Morgan fingerprint density at radius 1 is 1.38 bits per heavy atom. The second-order valence-electron chi connectivity index (χ2n) is 4.18. The Bertz CT molecular complexity index is 388. The summed E-state index contributed by atoms with van der Waals surface area (Å²) in [7, 11) is 0. The molecule has 1 aliphatic rings. The summed E-state index contributed by atoms with van der Waals surface area (Å²) in [5.74, 6) is -0.0251. The van der Waals surface area contributed by atoms with Crippen molar-refractivity contribution in [1.82, 2.24) is 5.32 Å². The van der Waals surface area contributed by atoms with Gasteiger partial charge in [0.15, 0.2) is 0 Å².